The number of aromatic nitrogens is 1. The highest BCUT2D eigenvalue weighted by Gasteiger charge is 2.16. The number of nitrogens with zero attached hydrogens (tertiary/aromatic N) is 2. The lowest BCUT2D eigenvalue weighted by molar-refractivity contribution is -0.123. The van der Waals surface area contributed by atoms with Crippen LogP contribution in [-0.4, -0.2) is 23.3 Å². The topological polar surface area (TPSA) is 62.3 Å². The number of hydrogen-bond acceptors (Lipinski definition) is 3. The van der Waals surface area contributed by atoms with E-state index in [4.69, 9.17) is 0 Å². The Hall–Kier alpha value is -2.76. The summed E-state index contributed by atoms with van der Waals surface area (Å²) in [6, 6.07) is 9.19. The van der Waals surface area contributed by atoms with Crippen LogP contribution in [0.5, 0.6) is 0 Å². The molecule has 0 aliphatic heterocycles. The Balaban J connectivity index is 1.99. The van der Waals surface area contributed by atoms with Crippen LogP contribution in [-0.2, 0) is 16.1 Å². The summed E-state index contributed by atoms with van der Waals surface area (Å²) < 4.78 is 13.3. The molecule has 0 radical (unpaired) electrons. The number of anilines is 1. The Labute approximate surface area is 127 Å². The molecule has 2 aromatic rings. The van der Waals surface area contributed by atoms with Crippen molar-refractivity contribution >= 4 is 17.5 Å². The lowest BCUT2D eigenvalue weighted by Crippen LogP contribution is -2.39. The number of hydrogen-bond donors (Lipinski definition) is 1. The van der Waals surface area contributed by atoms with Gasteiger partial charge < -0.3 is 10.2 Å². The number of halogens is 1. The highest BCUT2D eigenvalue weighted by atomic mass is 19.1. The number of carbonyl (C=O) groups excluding carboxylic acids is 2. The van der Waals surface area contributed by atoms with Crippen molar-refractivity contribution in [2.45, 2.75) is 13.5 Å². The summed E-state index contributed by atoms with van der Waals surface area (Å²) >= 11 is 0. The van der Waals surface area contributed by atoms with Gasteiger partial charge in [0.2, 0.25) is 11.8 Å². The maximum absolute atomic E-state index is 13.3. The molecule has 0 saturated carbocycles. The van der Waals surface area contributed by atoms with Crippen LogP contribution in [0.4, 0.5) is 10.1 Å². The molecule has 1 heterocycles. The van der Waals surface area contributed by atoms with Gasteiger partial charge in [0.1, 0.15) is 12.4 Å². The van der Waals surface area contributed by atoms with E-state index >= 15 is 0 Å². The van der Waals surface area contributed by atoms with E-state index in [0.717, 1.165) is 5.56 Å². The number of nitrogens with one attached hydrogen (secondary N) is 1. The number of carbonyl (C=O) groups is 2. The third-order valence-corrected chi connectivity index (χ3v) is 3.01. The summed E-state index contributed by atoms with van der Waals surface area (Å²) in [6.45, 7) is 1.49. The first kappa shape index (κ1) is 15.6. The van der Waals surface area contributed by atoms with Gasteiger partial charge in [0.15, 0.2) is 0 Å². The predicted molar refractivity (Wildman–Crippen MR) is 80.5 cm³/mol. The van der Waals surface area contributed by atoms with E-state index in [1.54, 1.807) is 24.5 Å². The van der Waals surface area contributed by atoms with Crippen molar-refractivity contribution in [3.05, 3.63) is 60.2 Å². The average molecular weight is 301 g/mol. The summed E-state index contributed by atoms with van der Waals surface area (Å²) in [5.41, 5.74) is 1.21. The number of rotatable bonds is 5. The van der Waals surface area contributed by atoms with Crippen molar-refractivity contribution in [2.75, 3.05) is 11.4 Å². The van der Waals surface area contributed by atoms with Gasteiger partial charge in [0.25, 0.3) is 0 Å². The molecular weight excluding hydrogens is 285 g/mol. The summed E-state index contributed by atoms with van der Waals surface area (Å²) in [4.78, 5) is 28.8. The molecule has 114 valence electrons. The van der Waals surface area contributed by atoms with E-state index in [1.165, 1.54) is 30.0 Å². The summed E-state index contributed by atoms with van der Waals surface area (Å²) in [5, 5.41) is 2.70. The van der Waals surface area contributed by atoms with Gasteiger partial charge in [-0.3, -0.25) is 14.6 Å². The van der Waals surface area contributed by atoms with Gasteiger partial charge in [-0.25, -0.2) is 4.39 Å². The van der Waals surface area contributed by atoms with E-state index in [2.05, 4.69) is 10.3 Å². The third-order valence-electron chi connectivity index (χ3n) is 3.01. The Morgan fingerprint density at radius 2 is 2.09 bits per heavy atom. The maximum atomic E-state index is 13.3. The molecule has 6 heteroatoms. The van der Waals surface area contributed by atoms with Crippen LogP contribution in [0.2, 0.25) is 0 Å². The summed E-state index contributed by atoms with van der Waals surface area (Å²) in [5.74, 6) is -1.12. The smallest absolute Gasteiger partial charge is 0.240 e. The minimum absolute atomic E-state index is 0.168. The molecule has 0 aliphatic rings. The van der Waals surface area contributed by atoms with Crippen molar-refractivity contribution in [1.29, 1.82) is 0 Å². The quantitative estimate of drug-likeness (QED) is 0.917. The van der Waals surface area contributed by atoms with Crippen molar-refractivity contribution < 1.29 is 14.0 Å². The summed E-state index contributed by atoms with van der Waals surface area (Å²) in [7, 11) is 0. The first-order valence-corrected chi connectivity index (χ1v) is 6.75. The second-order valence-corrected chi connectivity index (χ2v) is 4.72. The first-order chi connectivity index (χ1) is 10.6. The molecule has 0 aliphatic carbocycles. The zero-order chi connectivity index (χ0) is 15.9. The zero-order valence-electron chi connectivity index (χ0n) is 12.1. The minimum atomic E-state index is -0.459. The van der Waals surface area contributed by atoms with Gasteiger partial charge in [-0.15, -0.1) is 0 Å². The average Bonchev–Trinajstić information content (AvgIpc) is 2.51. The molecule has 0 unspecified atom stereocenters. The van der Waals surface area contributed by atoms with Crippen LogP contribution >= 0.6 is 0 Å². The van der Waals surface area contributed by atoms with Gasteiger partial charge in [0.05, 0.1) is 0 Å². The van der Waals surface area contributed by atoms with E-state index in [1.807, 2.05) is 6.07 Å². The van der Waals surface area contributed by atoms with Gasteiger partial charge in [-0.2, -0.15) is 0 Å². The van der Waals surface area contributed by atoms with Crippen LogP contribution in [0.15, 0.2) is 48.8 Å². The molecule has 1 N–H and O–H groups in total. The van der Waals surface area contributed by atoms with Crippen molar-refractivity contribution in [3.63, 3.8) is 0 Å². The molecule has 2 rings (SSSR count). The lowest BCUT2D eigenvalue weighted by Gasteiger charge is -2.20. The molecule has 0 atom stereocenters. The van der Waals surface area contributed by atoms with Crippen LogP contribution in [0, 0.1) is 5.82 Å². The van der Waals surface area contributed by atoms with Crippen LogP contribution in [0.1, 0.15) is 12.5 Å². The number of pyridine rings is 1. The van der Waals surface area contributed by atoms with Crippen LogP contribution in [0.3, 0.4) is 0 Å². The van der Waals surface area contributed by atoms with E-state index in [0.29, 0.717) is 12.2 Å². The van der Waals surface area contributed by atoms with E-state index in [-0.39, 0.29) is 18.4 Å². The van der Waals surface area contributed by atoms with E-state index in [9.17, 15) is 14.0 Å². The highest BCUT2D eigenvalue weighted by Crippen LogP contribution is 2.15. The molecule has 0 saturated heterocycles. The molecule has 0 spiro atoms. The molecular formula is C16H16FN3O2. The Morgan fingerprint density at radius 1 is 1.27 bits per heavy atom. The van der Waals surface area contributed by atoms with Gasteiger partial charge >= 0.3 is 0 Å². The fraction of sp³-hybridized carbons (Fsp3) is 0.188. The van der Waals surface area contributed by atoms with E-state index < -0.39 is 5.82 Å². The highest BCUT2D eigenvalue weighted by molar-refractivity contribution is 5.97. The van der Waals surface area contributed by atoms with Crippen LogP contribution < -0.4 is 10.2 Å². The molecule has 5 nitrogen and oxygen atoms in total. The maximum Gasteiger partial charge on any atom is 0.240 e. The Kier molecular flexibility index (Phi) is 5.19. The molecule has 22 heavy (non-hydrogen) atoms. The third kappa shape index (κ3) is 4.37. The molecule has 1 aromatic heterocycles. The second kappa shape index (κ2) is 7.31. The summed E-state index contributed by atoms with van der Waals surface area (Å²) in [6.07, 6.45) is 3.29. The first-order valence-electron chi connectivity index (χ1n) is 6.75. The fourth-order valence-electron chi connectivity index (χ4n) is 1.93. The fourth-order valence-corrected chi connectivity index (χ4v) is 1.93. The van der Waals surface area contributed by atoms with Gasteiger partial charge in [-0.05, 0) is 29.8 Å². The Bertz CT molecular complexity index is 661. The zero-order valence-corrected chi connectivity index (χ0v) is 12.1. The SMILES string of the molecule is CC(=O)N(CC(=O)NCc1cccnc1)c1cccc(F)c1. The normalized spacial score (nSPS) is 10.1. The number of benzene rings is 1. The van der Waals surface area contributed by atoms with Crippen LogP contribution in [0.25, 0.3) is 0 Å². The monoisotopic (exact) mass is 301 g/mol. The molecule has 1 aromatic carbocycles. The van der Waals surface area contributed by atoms with Crippen molar-refractivity contribution in [2.24, 2.45) is 0 Å². The van der Waals surface area contributed by atoms with Crippen molar-refractivity contribution in [1.82, 2.24) is 10.3 Å². The largest absolute Gasteiger partial charge is 0.350 e. The standard InChI is InChI=1S/C16H16FN3O2/c1-12(21)20(15-6-2-5-14(17)8-15)11-16(22)19-10-13-4-3-7-18-9-13/h2-9H,10-11H2,1H3,(H,19,22). The lowest BCUT2D eigenvalue weighted by atomic mass is 10.2. The molecule has 0 bridgehead atoms. The Morgan fingerprint density at radius 3 is 2.73 bits per heavy atom. The number of amides is 2. The minimum Gasteiger partial charge on any atom is -0.350 e. The van der Waals surface area contributed by atoms with Crippen molar-refractivity contribution in [3.8, 4) is 0 Å². The molecule has 0 fully saturated rings. The van der Waals surface area contributed by atoms with Gasteiger partial charge in [-0.1, -0.05) is 12.1 Å². The second-order valence-electron chi connectivity index (χ2n) is 4.72. The van der Waals surface area contributed by atoms with Gasteiger partial charge in [0, 0.05) is 31.5 Å². The predicted octanol–water partition coefficient (Wildman–Crippen LogP) is 1.89. The molecule has 2 amide bonds.